The molecule has 0 N–H and O–H groups in total. The fourth-order valence-electron chi connectivity index (χ4n) is 2.35. The van der Waals surface area contributed by atoms with Crippen molar-refractivity contribution < 1.29 is 9.53 Å². The third kappa shape index (κ3) is 3.32. The number of aromatic nitrogens is 1. The average Bonchev–Trinajstić information content (AvgIpc) is 2.45. The molecule has 2 aromatic rings. The van der Waals surface area contributed by atoms with Crippen molar-refractivity contribution in [3.05, 3.63) is 56.8 Å². The maximum atomic E-state index is 12.5. The van der Waals surface area contributed by atoms with E-state index in [0.29, 0.717) is 5.56 Å². The van der Waals surface area contributed by atoms with Crippen molar-refractivity contribution in [1.29, 1.82) is 0 Å². The van der Waals surface area contributed by atoms with E-state index in [2.05, 4.69) is 20.9 Å². The highest BCUT2D eigenvalue weighted by Crippen LogP contribution is 2.26. The van der Waals surface area contributed by atoms with Gasteiger partial charge in [-0.25, -0.2) is 0 Å². The second-order valence-electron chi connectivity index (χ2n) is 5.13. The smallest absolute Gasteiger partial charge is 0.169 e. The molecular formula is C17H18BrNO2. The summed E-state index contributed by atoms with van der Waals surface area (Å²) in [5.74, 6) is 0.850. The number of ether oxygens (including phenoxy) is 1. The van der Waals surface area contributed by atoms with Crippen LogP contribution < -0.4 is 4.74 Å². The number of ketones is 1. The molecule has 0 amide bonds. The lowest BCUT2D eigenvalue weighted by Gasteiger charge is -2.12. The molecule has 0 saturated heterocycles. The van der Waals surface area contributed by atoms with Crippen molar-refractivity contribution in [2.45, 2.75) is 27.2 Å². The fourth-order valence-corrected chi connectivity index (χ4v) is 2.82. The zero-order chi connectivity index (χ0) is 15.6. The molecule has 110 valence electrons. The van der Waals surface area contributed by atoms with Crippen LogP contribution in [0, 0.1) is 20.8 Å². The Morgan fingerprint density at radius 2 is 2.00 bits per heavy atom. The summed E-state index contributed by atoms with van der Waals surface area (Å²) >= 11 is 3.44. The predicted octanol–water partition coefficient (Wildman–Crippen LogP) is 4.20. The Morgan fingerprint density at radius 1 is 1.29 bits per heavy atom. The van der Waals surface area contributed by atoms with Crippen molar-refractivity contribution in [3.8, 4) is 5.75 Å². The van der Waals surface area contributed by atoms with Crippen molar-refractivity contribution in [1.82, 2.24) is 4.98 Å². The Hall–Kier alpha value is -1.68. The predicted molar refractivity (Wildman–Crippen MR) is 87.2 cm³/mol. The second-order valence-corrected chi connectivity index (χ2v) is 5.98. The molecule has 0 bridgehead atoms. The monoisotopic (exact) mass is 347 g/mol. The largest absolute Gasteiger partial charge is 0.496 e. The van der Waals surface area contributed by atoms with Crippen LogP contribution in [0.4, 0.5) is 0 Å². The second kappa shape index (κ2) is 6.39. The van der Waals surface area contributed by atoms with E-state index in [1.165, 1.54) is 0 Å². The van der Waals surface area contributed by atoms with Gasteiger partial charge in [0.2, 0.25) is 0 Å². The van der Waals surface area contributed by atoms with Gasteiger partial charge in [0, 0.05) is 27.4 Å². The summed E-state index contributed by atoms with van der Waals surface area (Å²) in [7, 11) is 1.64. The fraction of sp³-hybridized carbons (Fsp3) is 0.294. The van der Waals surface area contributed by atoms with Crippen molar-refractivity contribution in [2.24, 2.45) is 0 Å². The number of methoxy groups -OCH3 is 1. The van der Waals surface area contributed by atoms with Crippen molar-refractivity contribution in [2.75, 3.05) is 7.11 Å². The molecule has 0 aliphatic heterocycles. The van der Waals surface area contributed by atoms with Crippen LogP contribution in [0.1, 0.15) is 32.7 Å². The minimum Gasteiger partial charge on any atom is -0.496 e. The zero-order valence-electron chi connectivity index (χ0n) is 12.7. The van der Waals surface area contributed by atoms with Crippen molar-refractivity contribution in [3.63, 3.8) is 0 Å². The van der Waals surface area contributed by atoms with Gasteiger partial charge in [-0.1, -0.05) is 27.6 Å². The molecule has 0 saturated carbocycles. The molecular weight excluding hydrogens is 330 g/mol. The van der Waals surface area contributed by atoms with Crippen LogP contribution in [0.25, 0.3) is 0 Å². The van der Waals surface area contributed by atoms with Gasteiger partial charge in [-0.2, -0.15) is 0 Å². The summed E-state index contributed by atoms with van der Waals surface area (Å²) in [6.45, 7) is 5.86. The van der Waals surface area contributed by atoms with E-state index in [0.717, 1.165) is 32.6 Å². The standard InChI is InChI=1S/C17H18BrNO2/c1-10-5-6-14(18)13(7-10)16(20)8-15-12(3)17(21-4)11(2)9-19-15/h5-7,9H,8H2,1-4H3. The number of carbonyl (C=O) groups excluding carboxylic acids is 1. The summed E-state index contributed by atoms with van der Waals surface area (Å²) in [6, 6.07) is 5.77. The lowest BCUT2D eigenvalue weighted by atomic mass is 10.0. The van der Waals surface area contributed by atoms with Crippen LogP contribution in [-0.2, 0) is 6.42 Å². The average molecular weight is 348 g/mol. The Kier molecular flexibility index (Phi) is 4.78. The number of nitrogens with zero attached hydrogens (tertiary/aromatic N) is 1. The summed E-state index contributed by atoms with van der Waals surface area (Å²) in [5.41, 5.74) is 4.41. The van der Waals surface area contributed by atoms with Gasteiger partial charge in [-0.3, -0.25) is 9.78 Å². The van der Waals surface area contributed by atoms with Crippen LogP contribution in [0.5, 0.6) is 5.75 Å². The Labute approximate surface area is 133 Å². The molecule has 0 spiro atoms. The molecule has 0 aliphatic rings. The van der Waals surface area contributed by atoms with Gasteiger partial charge in [-0.05, 0) is 32.9 Å². The highest BCUT2D eigenvalue weighted by Gasteiger charge is 2.16. The van der Waals surface area contributed by atoms with E-state index in [1.54, 1.807) is 13.3 Å². The van der Waals surface area contributed by atoms with Gasteiger partial charge in [0.05, 0.1) is 19.2 Å². The Morgan fingerprint density at radius 3 is 2.67 bits per heavy atom. The third-order valence-electron chi connectivity index (χ3n) is 3.50. The number of Topliss-reactive ketones (excluding diaryl/α,β-unsaturated/α-hetero) is 1. The highest BCUT2D eigenvalue weighted by atomic mass is 79.9. The summed E-state index contributed by atoms with van der Waals surface area (Å²) in [5, 5.41) is 0. The number of benzene rings is 1. The van der Waals surface area contributed by atoms with Gasteiger partial charge in [0.25, 0.3) is 0 Å². The molecule has 21 heavy (non-hydrogen) atoms. The lowest BCUT2D eigenvalue weighted by Crippen LogP contribution is -2.09. The van der Waals surface area contributed by atoms with Gasteiger partial charge >= 0.3 is 0 Å². The number of rotatable bonds is 4. The van der Waals surface area contributed by atoms with E-state index in [9.17, 15) is 4.79 Å². The molecule has 3 nitrogen and oxygen atoms in total. The molecule has 0 aliphatic carbocycles. The molecule has 1 aromatic heterocycles. The summed E-state index contributed by atoms with van der Waals surface area (Å²) in [6.07, 6.45) is 2.02. The minimum atomic E-state index is 0.0482. The van der Waals surface area contributed by atoms with Gasteiger partial charge in [0.1, 0.15) is 5.75 Å². The van der Waals surface area contributed by atoms with Gasteiger partial charge < -0.3 is 4.74 Å². The first-order valence-electron chi connectivity index (χ1n) is 6.72. The van der Waals surface area contributed by atoms with Crippen LogP contribution >= 0.6 is 15.9 Å². The molecule has 0 atom stereocenters. The number of pyridine rings is 1. The van der Waals surface area contributed by atoms with Crippen LogP contribution in [0.3, 0.4) is 0 Å². The summed E-state index contributed by atoms with van der Waals surface area (Å²) < 4.78 is 6.20. The number of hydrogen-bond donors (Lipinski definition) is 0. The van der Waals surface area contributed by atoms with E-state index in [1.807, 2.05) is 39.0 Å². The third-order valence-corrected chi connectivity index (χ3v) is 4.19. The number of carbonyl (C=O) groups is 1. The molecule has 1 aromatic carbocycles. The van der Waals surface area contributed by atoms with Crippen LogP contribution in [0.2, 0.25) is 0 Å². The van der Waals surface area contributed by atoms with E-state index >= 15 is 0 Å². The first-order chi connectivity index (χ1) is 9.93. The van der Waals surface area contributed by atoms with E-state index < -0.39 is 0 Å². The number of halogens is 1. The topological polar surface area (TPSA) is 39.2 Å². The number of hydrogen-bond acceptors (Lipinski definition) is 3. The molecule has 0 unspecified atom stereocenters. The quantitative estimate of drug-likeness (QED) is 0.778. The molecule has 1 heterocycles. The molecule has 0 fully saturated rings. The molecule has 0 radical (unpaired) electrons. The lowest BCUT2D eigenvalue weighted by molar-refractivity contribution is 0.0991. The van der Waals surface area contributed by atoms with E-state index in [-0.39, 0.29) is 12.2 Å². The summed E-state index contributed by atoms with van der Waals surface area (Å²) in [4.78, 5) is 16.9. The molecule has 2 rings (SSSR count). The Balaban J connectivity index is 2.34. The van der Waals surface area contributed by atoms with Gasteiger partial charge in [0.15, 0.2) is 5.78 Å². The molecule has 4 heteroatoms. The normalized spacial score (nSPS) is 10.5. The Bertz CT molecular complexity index is 695. The first-order valence-corrected chi connectivity index (χ1v) is 7.51. The van der Waals surface area contributed by atoms with Gasteiger partial charge in [-0.15, -0.1) is 0 Å². The SMILES string of the molecule is COc1c(C)cnc(CC(=O)c2cc(C)ccc2Br)c1C. The maximum absolute atomic E-state index is 12.5. The van der Waals surface area contributed by atoms with Crippen molar-refractivity contribution >= 4 is 21.7 Å². The minimum absolute atomic E-state index is 0.0482. The maximum Gasteiger partial charge on any atom is 0.169 e. The van der Waals surface area contributed by atoms with E-state index in [4.69, 9.17) is 4.74 Å². The van der Waals surface area contributed by atoms with Crippen LogP contribution in [-0.4, -0.2) is 17.9 Å². The zero-order valence-corrected chi connectivity index (χ0v) is 14.2. The first kappa shape index (κ1) is 15.7. The number of aryl methyl sites for hydroxylation is 2. The van der Waals surface area contributed by atoms with Crippen LogP contribution in [0.15, 0.2) is 28.9 Å². The highest BCUT2D eigenvalue weighted by molar-refractivity contribution is 9.10.